The van der Waals surface area contributed by atoms with Crippen molar-refractivity contribution in [1.82, 2.24) is 10.2 Å². The normalized spacial score (nSPS) is 29.4. The van der Waals surface area contributed by atoms with Gasteiger partial charge in [0, 0.05) is 38.1 Å². The van der Waals surface area contributed by atoms with Gasteiger partial charge in [0.1, 0.15) is 11.9 Å². The summed E-state index contributed by atoms with van der Waals surface area (Å²) in [5.74, 6) is 1.77. The minimum atomic E-state index is 0.319. The lowest BCUT2D eigenvalue weighted by Crippen LogP contribution is -2.59. The van der Waals surface area contributed by atoms with Gasteiger partial charge < -0.3 is 10.1 Å². The van der Waals surface area contributed by atoms with E-state index in [9.17, 15) is 0 Å². The van der Waals surface area contributed by atoms with E-state index in [2.05, 4.69) is 55.3 Å². The van der Waals surface area contributed by atoms with Crippen LogP contribution in [0.4, 0.5) is 0 Å². The number of nitrogens with zero attached hydrogens (tertiary/aromatic N) is 1. The van der Waals surface area contributed by atoms with Crippen LogP contribution in [-0.4, -0.2) is 42.7 Å². The van der Waals surface area contributed by atoms with E-state index in [0.717, 1.165) is 31.8 Å². The van der Waals surface area contributed by atoms with Crippen LogP contribution in [0.1, 0.15) is 32.8 Å². The number of nitrogens with one attached hydrogen (secondary N) is 1. The predicted octanol–water partition coefficient (Wildman–Crippen LogP) is 2.70. The van der Waals surface area contributed by atoms with Gasteiger partial charge in [-0.1, -0.05) is 39.0 Å². The zero-order chi connectivity index (χ0) is 14.8. The molecule has 1 fully saturated rings. The predicted molar refractivity (Wildman–Crippen MR) is 86.8 cm³/mol. The van der Waals surface area contributed by atoms with E-state index < -0.39 is 0 Å². The molecule has 3 rings (SSSR count). The summed E-state index contributed by atoms with van der Waals surface area (Å²) in [5, 5.41) is 3.69. The van der Waals surface area contributed by atoms with Crippen molar-refractivity contribution in [2.75, 3.05) is 19.6 Å². The summed E-state index contributed by atoms with van der Waals surface area (Å²) in [4.78, 5) is 2.66. The molecule has 1 aromatic rings. The summed E-state index contributed by atoms with van der Waals surface area (Å²) in [6.45, 7) is 10.2. The van der Waals surface area contributed by atoms with Crippen molar-refractivity contribution in [1.29, 1.82) is 0 Å². The van der Waals surface area contributed by atoms with Crippen LogP contribution >= 0.6 is 0 Å². The molecule has 2 aliphatic rings. The largest absolute Gasteiger partial charge is 0.488 e. The molecule has 3 heteroatoms. The van der Waals surface area contributed by atoms with Crippen LogP contribution in [-0.2, 0) is 6.42 Å². The van der Waals surface area contributed by atoms with E-state index in [1.807, 2.05) is 0 Å². The van der Waals surface area contributed by atoms with Gasteiger partial charge in [-0.3, -0.25) is 4.90 Å². The molecule has 0 saturated carbocycles. The number of benzene rings is 1. The Morgan fingerprint density at radius 2 is 2.14 bits per heavy atom. The fourth-order valence-corrected chi connectivity index (χ4v) is 3.66. The van der Waals surface area contributed by atoms with Crippen LogP contribution in [0.15, 0.2) is 24.3 Å². The van der Waals surface area contributed by atoms with Crippen LogP contribution in [0.25, 0.3) is 0 Å². The molecule has 1 saturated heterocycles. The Morgan fingerprint density at radius 1 is 1.33 bits per heavy atom. The number of hydrogen-bond acceptors (Lipinski definition) is 3. The summed E-state index contributed by atoms with van der Waals surface area (Å²) in [7, 11) is 0. The molecule has 3 nitrogen and oxygen atoms in total. The maximum atomic E-state index is 6.14. The Hall–Kier alpha value is -1.06. The van der Waals surface area contributed by atoms with Gasteiger partial charge in [-0.2, -0.15) is 0 Å². The number of piperazine rings is 1. The average molecular weight is 288 g/mol. The zero-order valence-electron chi connectivity index (χ0n) is 13.5. The lowest BCUT2D eigenvalue weighted by Gasteiger charge is -2.43. The maximum absolute atomic E-state index is 6.14. The van der Waals surface area contributed by atoms with Crippen LogP contribution in [0, 0.1) is 5.92 Å². The van der Waals surface area contributed by atoms with Crippen molar-refractivity contribution in [3.05, 3.63) is 29.8 Å². The van der Waals surface area contributed by atoms with Crippen molar-refractivity contribution < 1.29 is 4.74 Å². The molecule has 0 aliphatic carbocycles. The highest BCUT2D eigenvalue weighted by Gasteiger charge is 2.33. The topological polar surface area (TPSA) is 24.5 Å². The number of fused-ring (bicyclic) bond motifs is 1. The monoisotopic (exact) mass is 288 g/mol. The molecule has 116 valence electrons. The molecule has 3 atom stereocenters. The minimum Gasteiger partial charge on any atom is -0.488 e. The fourth-order valence-electron chi connectivity index (χ4n) is 3.66. The minimum absolute atomic E-state index is 0.319. The van der Waals surface area contributed by atoms with Crippen molar-refractivity contribution in [2.45, 2.75) is 51.8 Å². The Labute approximate surface area is 128 Å². The van der Waals surface area contributed by atoms with Gasteiger partial charge in [-0.05, 0) is 24.0 Å². The van der Waals surface area contributed by atoms with E-state index in [1.54, 1.807) is 0 Å². The third-order valence-electron chi connectivity index (χ3n) is 4.95. The SMILES string of the molecule is CCC1CN(CC2Cc3ccccc3O2)C(C(C)C)CN1. The van der Waals surface area contributed by atoms with E-state index in [1.165, 1.54) is 12.0 Å². The highest BCUT2D eigenvalue weighted by atomic mass is 16.5. The van der Waals surface area contributed by atoms with Crippen LogP contribution in [0.3, 0.4) is 0 Å². The number of rotatable bonds is 4. The first-order valence-corrected chi connectivity index (χ1v) is 8.39. The Balaban J connectivity index is 1.65. The summed E-state index contributed by atoms with van der Waals surface area (Å²) < 4.78 is 6.14. The van der Waals surface area contributed by atoms with E-state index in [4.69, 9.17) is 4.74 Å². The molecule has 0 spiro atoms. The van der Waals surface area contributed by atoms with Gasteiger partial charge in [-0.25, -0.2) is 0 Å². The molecule has 2 aliphatic heterocycles. The maximum Gasteiger partial charge on any atom is 0.123 e. The van der Waals surface area contributed by atoms with Gasteiger partial charge in [0.25, 0.3) is 0 Å². The van der Waals surface area contributed by atoms with Gasteiger partial charge >= 0.3 is 0 Å². The number of para-hydroxylation sites is 1. The zero-order valence-corrected chi connectivity index (χ0v) is 13.5. The number of ether oxygens (including phenoxy) is 1. The molecular weight excluding hydrogens is 260 g/mol. The summed E-state index contributed by atoms with van der Waals surface area (Å²) >= 11 is 0. The van der Waals surface area contributed by atoms with Crippen molar-refractivity contribution in [3.63, 3.8) is 0 Å². The second kappa shape index (κ2) is 6.37. The Bertz CT molecular complexity index is 449. The standard InChI is InChI=1S/C18H28N2O/c1-4-15-11-20(17(10-19-15)13(2)3)12-16-9-14-7-5-6-8-18(14)21-16/h5-8,13,15-17,19H,4,9-12H2,1-3H3. The second-order valence-corrected chi connectivity index (χ2v) is 6.83. The highest BCUT2D eigenvalue weighted by Crippen LogP contribution is 2.29. The average Bonchev–Trinajstić information content (AvgIpc) is 2.89. The Kier molecular flexibility index (Phi) is 4.51. The third kappa shape index (κ3) is 3.24. The van der Waals surface area contributed by atoms with Crippen molar-refractivity contribution in [2.24, 2.45) is 5.92 Å². The molecular formula is C18H28N2O. The molecule has 0 amide bonds. The van der Waals surface area contributed by atoms with Crippen molar-refractivity contribution >= 4 is 0 Å². The first-order valence-electron chi connectivity index (χ1n) is 8.39. The molecule has 3 unspecified atom stereocenters. The summed E-state index contributed by atoms with van der Waals surface area (Å²) in [5.41, 5.74) is 1.37. The lowest BCUT2D eigenvalue weighted by molar-refractivity contribution is 0.0587. The van der Waals surface area contributed by atoms with Crippen molar-refractivity contribution in [3.8, 4) is 5.75 Å². The molecule has 21 heavy (non-hydrogen) atoms. The summed E-state index contributed by atoms with van der Waals surface area (Å²) in [6.07, 6.45) is 2.58. The molecule has 0 aromatic heterocycles. The van der Waals surface area contributed by atoms with Gasteiger partial charge in [0.05, 0.1) is 0 Å². The molecule has 1 N–H and O–H groups in total. The highest BCUT2D eigenvalue weighted by molar-refractivity contribution is 5.37. The van der Waals surface area contributed by atoms with Gasteiger partial charge in [0.2, 0.25) is 0 Å². The quantitative estimate of drug-likeness (QED) is 0.922. The first kappa shape index (κ1) is 14.9. The fraction of sp³-hybridized carbons (Fsp3) is 0.667. The molecule has 1 aromatic carbocycles. The molecule has 0 bridgehead atoms. The van der Waals surface area contributed by atoms with E-state index >= 15 is 0 Å². The van der Waals surface area contributed by atoms with Gasteiger partial charge in [-0.15, -0.1) is 0 Å². The molecule has 0 radical (unpaired) electrons. The first-order chi connectivity index (χ1) is 10.2. The third-order valence-corrected chi connectivity index (χ3v) is 4.95. The van der Waals surface area contributed by atoms with E-state index in [0.29, 0.717) is 24.1 Å². The van der Waals surface area contributed by atoms with Gasteiger partial charge in [0.15, 0.2) is 0 Å². The number of hydrogen-bond donors (Lipinski definition) is 1. The smallest absolute Gasteiger partial charge is 0.123 e. The Morgan fingerprint density at radius 3 is 2.86 bits per heavy atom. The van der Waals surface area contributed by atoms with Crippen LogP contribution < -0.4 is 10.1 Å². The lowest BCUT2D eigenvalue weighted by atomic mass is 9.97. The second-order valence-electron chi connectivity index (χ2n) is 6.83. The van der Waals surface area contributed by atoms with Crippen LogP contribution in [0.5, 0.6) is 5.75 Å². The summed E-state index contributed by atoms with van der Waals surface area (Å²) in [6, 6.07) is 9.73. The molecule has 2 heterocycles. The van der Waals surface area contributed by atoms with E-state index in [-0.39, 0.29) is 0 Å². The van der Waals surface area contributed by atoms with Crippen LogP contribution in [0.2, 0.25) is 0 Å².